The maximum atomic E-state index is 11.9. The summed E-state index contributed by atoms with van der Waals surface area (Å²) in [5.74, 6) is 0.818. The Hall–Kier alpha value is -0.830. The molecule has 2 aliphatic rings. The highest BCUT2D eigenvalue weighted by molar-refractivity contribution is 9.09. The molecule has 0 saturated heterocycles. The molecule has 0 radical (unpaired) electrons. The van der Waals surface area contributed by atoms with Gasteiger partial charge < -0.3 is 5.32 Å². The standard InChI is InChI=1S/C15H18BrNO/c16-14(11-3-1-2-4-11)12-6-5-10-7-8-17-15(18)13(10)9-12/h5-6,9,11,14H,1-4,7-8H2,(H,17,18). The first-order chi connectivity index (χ1) is 8.75. The Morgan fingerprint density at radius 2 is 2.06 bits per heavy atom. The van der Waals surface area contributed by atoms with Crippen molar-refractivity contribution >= 4 is 21.8 Å². The van der Waals surface area contributed by atoms with E-state index in [9.17, 15) is 4.79 Å². The lowest BCUT2D eigenvalue weighted by molar-refractivity contribution is 0.0946. The summed E-state index contributed by atoms with van der Waals surface area (Å²) in [5.41, 5.74) is 3.33. The van der Waals surface area contributed by atoms with Gasteiger partial charge in [-0.25, -0.2) is 0 Å². The zero-order valence-electron chi connectivity index (χ0n) is 10.4. The fraction of sp³-hybridized carbons (Fsp3) is 0.533. The molecular weight excluding hydrogens is 290 g/mol. The van der Waals surface area contributed by atoms with Crippen LogP contribution in [-0.4, -0.2) is 12.5 Å². The van der Waals surface area contributed by atoms with E-state index < -0.39 is 0 Å². The highest BCUT2D eigenvalue weighted by Gasteiger charge is 2.25. The molecule has 0 spiro atoms. The van der Waals surface area contributed by atoms with Gasteiger partial charge >= 0.3 is 0 Å². The number of carbonyl (C=O) groups is 1. The molecule has 1 aromatic carbocycles. The average Bonchev–Trinajstić information content (AvgIpc) is 2.92. The van der Waals surface area contributed by atoms with E-state index in [1.54, 1.807) is 0 Å². The third-order valence-corrected chi connectivity index (χ3v) is 5.47. The van der Waals surface area contributed by atoms with Gasteiger partial charge in [0.1, 0.15) is 0 Å². The first-order valence-corrected chi connectivity index (χ1v) is 7.72. The van der Waals surface area contributed by atoms with Crippen LogP contribution < -0.4 is 5.32 Å². The monoisotopic (exact) mass is 307 g/mol. The molecule has 1 saturated carbocycles. The minimum Gasteiger partial charge on any atom is -0.352 e. The van der Waals surface area contributed by atoms with E-state index in [1.807, 2.05) is 0 Å². The summed E-state index contributed by atoms with van der Waals surface area (Å²) in [6.45, 7) is 0.769. The van der Waals surface area contributed by atoms with E-state index in [-0.39, 0.29) is 5.91 Å². The van der Waals surface area contributed by atoms with Crippen molar-refractivity contribution in [2.45, 2.75) is 36.9 Å². The Morgan fingerprint density at radius 3 is 2.83 bits per heavy atom. The molecular formula is C15H18BrNO. The molecule has 1 aliphatic heterocycles. The van der Waals surface area contributed by atoms with Crippen molar-refractivity contribution < 1.29 is 4.79 Å². The molecule has 1 unspecified atom stereocenters. The highest BCUT2D eigenvalue weighted by Crippen LogP contribution is 2.41. The molecule has 1 atom stereocenters. The number of hydrogen-bond acceptors (Lipinski definition) is 1. The van der Waals surface area contributed by atoms with Gasteiger partial charge in [0.05, 0.1) is 0 Å². The lowest BCUT2D eigenvalue weighted by Crippen LogP contribution is -2.31. The Balaban J connectivity index is 1.88. The van der Waals surface area contributed by atoms with Crippen molar-refractivity contribution in [3.63, 3.8) is 0 Å². The molecule has 0 aromatic heterocycles. The third-order valence-electron chi connectivity index (χ3n) is 4.19. The van der Waals surface area contributed by atoms with Crippen LogP contribution >= 0.6 is 15.9 Å². The van der Waals surface area contributed by atoms with Crippen molar-refractivity contribution in [3.8, 4) is 0 Å². The van der Waals surface area contributed by atoms with E-state index in [4.69, 9.17) is 0 Å². The maximum Gasteiger partial charge on any atom is 0.251 e. The van der Waals surface area contributed by atoms with Gasteiger partial charge in [-0.3, -0.25) is 4.79 Å². The summed E-state index contributed by atoms with van der Waals surface area (Å²) >= 11 is 3.83. The average molecular weight is 308 g/mol. The molecule has 3 rings (SSSR count). The summed E-state index contributed by atoms with van der Waals surface area (Å²) in [7, 11) is 0. The predicted molar refractivity (Wildman–Crippen MR) is 76.1 cm³/mol. The quantitative estimate of drug-likeness (QED) is 0.831. The summed E-state index contributed by atoms with van der Waals surface area (Å²) in [5, 5.41) is 2.92. The number of hydrogen-bond donors (Lipinski definition) is 1. The number of rotatable bonds is 2. The second-order valence-electron chi connectivity index (χ2n) is 5.37. The molecule has 1 aromatic rings. The number of alkyl halides is 1. The van der Waals surface area contributed by atoms with Crippen LogP contribution in [0.4, 0.5) is 0 Å². The lowest BCUT2D eigenvalue weighted by Gasteiger charge is -2.21. The van der Waals surface area contributed by atoms with Crippen LogP contribution in [0.25, 0.3) is 0 Å². The molecule has 1 heterocycles. The van der Waals surface area contributed by atoms with Gasteiger partial charge in [-0.05, 0) is 42.4 Å². The SMILES string of the molecule is O=C1NCCc2ccc(C(Br)C3CCCC3)cc21. The number of amides is 1. The summed E-state index contributed by atoms with van der Waals surface area (Å²) in [6.07, 6.45) is 6.26. The molecule has 3 heteroatoms. The first kappa shape index (κ1) is 12.2. The smallest absolute Gasteiger partial charge is 0.251 e. The summed E-state index contributed by atoms with van der Waals surface area (Å²) in [6, 6.07) is 6.41. The molecule has 1 N–H and O–H groups in total. The minimum atomic E-state index is 0.0872. The van der Waals surface area contributed by atoms with Crippen LogP contribution in [0.5, 0.6) is 0 Å². The Bertz CT molecular complexity index is 466. The van der Waals surface area contributed by atoms with Gasteiger partial charge in [0.25, 0.3) is 5.91 Å². The number of fused-ring (bicyclic) bond motifs is 1. The van der Waals surface area contributed by atoms with Crippen LogP contribution in [0.15, 0.2) is 18.2 Å². The van der Waals surface area contributed by atoms with Crippen molar-refractivity contribution in [1.82, 2.24) is 5.32 Å². The highest BCUT2D eigenvalue weighted by atomic mass is 79.9. The van der Waals surface area contributed by atoms with E-state index in [0.29, 0.717) is 4.83 Å². The molecule has 1 fully saturated rings. The summed E-state index contributed by atoms with van der Waals surface area (Å²) in [4.78, 5) is 12.3. The predicted octanol–water partition coefficient (Wildman–Crippen LogP) is 3.60. The minimum absolute atomic E-state index is 0.0872. The largest absolute Gasteiger partial charge is 0.352 e. The molecule has 1 amide bonds. The third kappa shape index (κ3) is 2.20. The maximum absolute atomic E-state index is 11.9. The zero-order chi connectivity index (χ0) is 12.5. The topological polar surface area (TPSA) is 29.1 Å². The Morgan fingerprint density at radius 1 is 1.28 bits per heavy atom. The van der Waals surface area contributed by atoms with Crippen molar-refractivity contribution in [2.75, 3.05) is 6.54 Å². The van der Waals surface area contributed by atoms with Crippen molar-refractivity contribution in [2.24, 2.45) is 5.92 Å². The van der Waals surface area contributed by atoms with Gasteiger partial charge in [0.15, 0.2) is 0 Å². The van der Waals surface area contributed by atoms with Crippen LogP contribution in [0.1, 0.15) is 52.0 Å². The first-order valence-electron chi connectivity index (χ1n) is 6.81. The number of halogens is 1. The fourth-order valence-corrected chi connectivity index (χ4v) is 3.94. The number of carbonyl (C=O) groups excluding carboxylic acids is 1. The molecule has 18 heavy (non-hydrogen) atoms. The van der Waals surface area contributed by atoms with Crippen LogP contribution in [-0.2, 0) is 6.42 Å². The second-order valence-corrected chi connectivity index (χ2v) is 6.36. The van der Waals surface area contributed by atoms with Gasteiger partial charge in [0.2, 0.25) is 0 Å². The Kier molecular flexibility index (Phi) is 3.42. The van der Waals surface area contributed by atoms with E-state index in [1.165, 1.54) is 36.8 Å². The van der Waals surface area contributed by atoms with Crippen LogP contribution in [0.3, 0.4) is 0 Å². The molecule has 0 bridgehead atoms. The molecule has 2 nitrogen and oxygen atoms in total. The van der Waals surface area contributed by atoms with E-state index in [2.05, 4.69) is 39.4 Å². The normalized spacial score (nSPS) is 21.5. The molecule has 1 aliphatic carbocycles. The number of benzene rings is 1. The van der Waals surface area contributed by atoms with Crippen molar-refractivity contribution in [1.29, 1.82) is 0 Å². The van der Waals surface area contributed by atoms with E-state index >= 15 is 0 Å². The second kappa shape index (κ2) is 5.04. The zero-order valence-corrected chi connectivity index (χ0v) is 12.0. The summed E-state index contributed by atoms with van der Waals surface area (Å²) < 4.78 is 0. The van der Waals surface area contributed by atoms with Crippen LogP contribution in [0, 0.1) is 5.92 Å². The van der Waals surface area contributed by atoms with Gasteiger partial charge in [-0.15, -0.1) is 0 Å². The fourth-order valence-electron chi connectivity index (χ4n) is 3.12. The Labute approximate surface area is 116 Å². The lowest BCUT2D eigenvalue weighted by atomic mass is 9.92. The van der Waals surface area contributed by atoms with Crippen LogP contribution in [0.2, 0.25) is 0 Å². The van der Waals surface area contributed by atoms with E-state index in [0.717, 1.165) is 24.4 Å². The van der Waals surface area contributed by atoms with Gasteiger partial charge in [0, 0.05) is 16.9 Å². The molecule has 96 valence electrons. The van der Waals surface area contributed by atoms with Crippen molar-refractivity contribution in [3.05, 3.63) is 34.9 Å². The van der Waals surface area contributed by atoms with Gasteiger partial charge in [-0.2, -0.15) is 0 Å². The number of nitrogens with one attached hydrogen (secondary N) is 1. The van der Waals surface area contributed by atoms with Gasteiger partial charge in [-0.1, -0.05) is 40.9 Å².